The predicted octanol–water partition coefficient (Wildman–Crippen LogP) is 0.918. The number of amides is 1. The molecule has 0 aliphatic heterocycles. The van der Waals surface area contributed by atoms with Crippen molar-refractivity contribution in [2.45, 2.75) is 32.2 Å². The molecule has 2 heterocycles. The first-order chi connectivity index (χ1) is 9.83. The van der Waals surface area contributed by atoms with E-state index in [1.807, 2.05) is 10.8 Å². The van der Waals surface area contributed by atoms with Crippen LogP contribution in [0.4, 0.5) is 0 Å². The van der Waals surface area contributed by atoms with E-state index in [-0.39, 0.29) is 11.8 Å². The smallest absolute Gasteiger partial charge is 0.223 e. The van der Waals surface area contributed by atoms with Crippen molar-refractivity contribution in [2.75, 3.05) is 6.54 Å². The van der Waals surface area contributed by atoms with Crippen molar-refractivity contribution in [1.29, 1.82) is 0 Å². The van der Waals surface area contributed by atoms with Gasteiger partial charge in [-0.2, -0.15) is 0 Å². The molecule has 0 fully saturated rings. The number of imidazole rings is 2. The maximum atomic E-state index is 12.1. The van der Waals surface area contributed by atoms with E-state index in [1.54, 1.807) is 18.9 Å². The highest BCUT2D eigenvalue weighted by molar-refractivity contribution is 5.79. The van der Waals surface area contributed by atoms with E-state index in [0.717, 1.165) is 43.6 Å². The van der Waals surface area contributed by atoms with Crippen molar-refractivity contribution in [3.05, 3.63) is 36.4 Å². The minimum atomic E-state index is 0.0798. The average molecular weight is 273 g/mol. The topological polar surface area (TPSA) is 75.6 Å². The number of hydrogen-bond donors (Lipinski definition) is 2. The van der Waals surface area contributed by atoms with Crippen LogP contribution in [0.3, 0.4) is 0 Å². The predicted molar refractivity (Wildman–Crippen MR) is 74.0 cm³/mol. The fourth-order valence-corrected chi connectivity index (χ4v) is 2.66. The first-order valence-corrected chi connectivity index (χ1v) is 7.07. The molecule has 2 aromatic heterocycles. The molecule has 0 saturated heterocycles. The van der Waals surface area contributed by atoms with Gasteiger partial charge in [-0.25, -0.2) is 9.97 Å². The summed E-state index contributed by atoms with van der Waals surface area (Å²) in [5, 5.41) is 3.03. The van der Waals surface area contributed by atoms with Crippen LogP contribution in [0, 0.1) is 5.92 Å². The highest BCUT2D eigenvalue weighted by atomic mass is 16.1. The normalized spacial score (nSPS) is 17.7. The molecular weight excluding hydrogens is 254 g/mol. The van der Waals surface area contributed by atoms with Gasteiger partial charge in [-0.15, -0.1) is 0 Å². The van der Waals surface area contributed by atoms with Gasteiger partial charge in [0.1, 0.15) is 0 Å². The lowest BCUT2D eigenvalue weighted by atomic mass is 9.89. The van der Waals surface area contributed by atoms with E-state index >= 15 is 0 Å². The monoisotopic (exact) mass is 273 g/mol. The maximum Gasteiger partial charge on any atom is 0.223 e. The second-order valence-corrected chi connectivity index (χ2v) is 5.21. The molecule has 6 nitrogen and oxygen atoms in total. The maximum absolute atomic E-state index is 12.1. The third-order valence-corrected chi connectivity index (χ3v) is 3.81. The molecule has 1 aliphatic carbocycles. The van der Waals surface area contributed by atoms with Crippen LogP contribution in [0.1, 0.15) is 24.2 Å². The van der Waals surface area contributed by atoms with Gasteiger partial charge in [-0.3, -0.25) is 4.79 Å². The lowest BCUT2D eigenvalue weighted by Crippen LogP contribution is -2.35. The minimum absolute atomic E-state index is 0.0798. The number of H-pyrrole nitrogens is 1. The van der Waals surface area contributed by atoms with Gasteiger partial charge in [0, 0.05) is 43.5 Å². The quantitative estimate of drug-likeness (QED) is 0.795. The van der Waals surface area contributed by atoms with E-state index in [0.29, 0.717) is 6.54 Å². The summed E-state index contributed by atoms with van der Waals surface area (Å²) in [6, 6.07) is 0. The highest BCUT2D eigenvalue weighted by Crippen LogP contribution is 2.22. The minimum Gasteiger partial charge on any atom is -0.356 e. The third-order valence-electron chi connectivity index (χ3n) is 3.81. The van der Waals surface area contributed by atoms with Crippen LogP contribution in [0.5, 0.6) is 0 Å². The van der Waals surface area contributed by atoms with Crippen molar-refractivity contribution < 1.29 is 4.79 Å². The molecule has 0 radical (unpaired) electrons. The van der Waals surface area contributed by atoms with Gasteiger partial charge in [0.05, 0.1) is 18.3 Å². The lowest BCUT2D eigenvalue weighted by molar-refractivity contribution is -0.125. The molecule has 3 rings (SSSR count). The number of fused-ring (bicyclic) bond motifs is 1. The highest BCUT2D eigenvalue weighted by Gasteiger charge is 2.25. The zero-order chi connectivity index (χ0) is 13.8. The molecule has 0 spiro atoms. The first-order valence-electron chi connectivity index (χ1n) is 7.07. The van der Waals surface area contributed by atoms with Crippen molar-refractivity contribution in [3.63, 3.8) is 0 Å². The Kier molecular flexibility index (Phi) is 3.80. The molecule has 0 saturated carbocycles. The summed E-state index contributed by atoms with van der Waals surface area (Å²) in [6.07, 6.45) is 10.7. The zero-order valence-electron chi connectivity index (χ0n) is 11.4. The Morgan fingerprint density at radius 1 is 1.55 bits per heavy atom. The molecule has 1 unspecified atom stereocenters. The lowest BCUT2D eigenvalue weighted by Gasteiger charge is -2.20. The van der Waals surface area contributed by atoms with E-state index in [9.17, 15) is 4.79 Å². The number of nitrogens with one attached hydrogen (secondary N) is 2. The molecule has 20 heavy (non-hydrogen) atoms. The molecule has 0 bridgehead atoms. The Bertz CT molecular complexity index is 560. The molecule has 1 atom stereocenters. The average Bonchev–Trinajstić information content (AvgIpc) is 3.13. The van der Waals surface area contributed by atoms with Crippen LogP contribution in [-0.2, 0) is 24.2 Å². The van der Waals surface area contributed by atoms with Gasteiger partial charge in [-0.05, 0) is 19.3 Å². The largest absolute Gasteiger partial charge is 0.356 e. The number of aryl methyl sites for hydroxylation is 2. The van der Waals surface area contributed by atoms with Crippen LogP contribution in [0.25, 0.3) is 0 Å². The summed E-state index contributed by atoms with van der Waals surface area (Å²) in [7, 11) is 0. The molecule has 1 aliphatic rings. The van der Waals surface area contributed by atoms with Crippen LogP contribution in [-0.4, -0.2) is 32.0 Å². The van der Waals surface area contributed by atoms with Crippen LogP contribution in [0.2, 0.25) is 0 Å². The number of carbonyl (C=O) groups excluding carboxylic acids is 1. The second-order valence-electron chi connectivity index (χ2n) is 5.21. The fourth-order valence-electron chi connectivity index (χ4n) is 2.66. The molecule has 0 aromatic carbocycles. The molecule has 2 aromatic rings. The molecular formula is C14H19N5O. The van der Waals surface area contributed by atoms with E-state index in [1.165, 1.54) is 0 Å². The van der Waals surface area contributed by atoms with Gasteiger partial charge in [0.15, 0.2) is 0 Å². The summed E-state index contributed by atoms with van der Waals surface area (Å²) in [5.41, 5.74) is 2.24. The van der Waals surface area contributed by atoms with Gasteiger partial charge in [0.25, 0.3) is 0 Å². The summed E-state index contributed by atoms with van der Waals surface area (Å²) in [6.45, 7) is 1.60. The summed E-state index contributed by atoms with van der Waals surface area (Å²) >= 11 is 0. The number of aromatic nitrogens is 4. The van der Waals surface area contributed by atoms with Crippen molar-refractivity contribution in [1.82, 2.24) is 24.8 Å². The zero-order valence-corrected chi connectivity index (χ0v) is 11.4. The third kappa shape index (κ3) is 2.89. The fraction of sp³-hybridized carbons (Fsp3) is 0.500. The standard InChI is InChI=1S/C14H19N5O/c20-14(16-4-1-6-19-7-5-15-10-19)11-2-3-12-13(8-11)18-9-17-12/h5,7,9-11H,1-4,6,8H2,(H,16,20)(H,17,18). The summed E-state index contributed by atoms with van der Waals surface area (Å²) in [5.74, 6) is 0.243. The number of hydrogen-bond acceptors (Lipinski definition) is 3. The molecule has 2 N–H and O–H groups in total. The van der Waals surface area contributed by atoms with Gasteiger partial charge in [0.2, 0.25) is 5.91 Å². The Morgan fingerprint density at radius 3 is 3.35 bits per heavy atom. The van der Waals surface area contributed by atoms with Gasteiger partial charge < -0.3 is 14.9 Å². The number of nitrogens with zero attached hydrogens (tertiary/aromatic N) is 3. The van der Waals surface area contributed by atoms with Crippen molar-refractivity contribution in [3.8, 4) is 0 Å². The Labute approximate surface area is 117 Å². The second kappa shape index (κ2) is 5.90. The van der Waals surface area contributed by atoms with Crippen molar-refractivity contribution in [2.24, 2.45) is 5.92 Å². The number of rotatable bonds is 5. The van der Waals surface area contributed by atoms with Crippen molar-refractivity contribution >= 4 is 5.91 Å². The van der Waals surface area contributed by atoms with Gasteiger partial charge >= 0.3 is 0 Å². The molecule has 1 amide bonds. The first kappa shape index (κ1) is 12.9. The van der Waals surface area contributed by atoms with Crippen LogP contribution >= 0.6 is 0 Å². The van der Waals surface area contributed by atoms with E-state index in [4.69, 9.17) is 0 Å². The molecule has 6 heteroatoms. The van der Waals surface area contributed by atoms with E-state index < -0.39 is 0 Å². The Balaban J connectivity index is 1.41. The van der Waals surface area contributed by atoms with Crippen LogP contribution < -0.4 is 5.32 Å². The molecule has 106 valence electrons. The summed E-state index contributed by atoms with van der Waals surface area (Å²) in [4.78, 5) is 23.5. The Morgan fingerprint density at radius 2 is 2.50 bits per heavy atom. The Hall–Kier alpha value is -2.11. The van der Waals surface area contributed by atoms with Gasteiger partial charge in [-0.1, -0.05) is 0 Å². The van der Waals surface area contributed by atoms with E-state index in [2.05, 4.69) is 20.3 Å². The van der Waals surface area contributed by atoms with Crippen LogP contribution in [0.15, 0.2) is 25.0 Å². The number of aromatic amines is 1. The summed E-state index contributed by atoms with van der Waals surface area (Å²) < 4.78 is 2.02. The SMILES string of the molecule is O=C(NCCCn1ccnc1)C1CCc2nc[nH]c2C1. The number of carbonyl (C=O) groups is 1.